The topological polar surface area (TPSA) is 44.7 Å². The van der Waals surface area contributed by atoms with Crippen LogP contribution in [0, 0.1) is 0 Å². The van der Waals surface area contributed by atoms with E-state index in [1.54, 1.807) is 13.2 Å². The molecule has 1 aliphatic heterocycles. The third-order valence-corrected chi connectivity index (χ3v) is 4.26. The van der Waals surface area contributed by atoms with Gasteiger partial charge in [0.2, 0.25) is 0 Å². The Morgan fingerprint density at radius 1 is 1.29 bits per heavy atom. The van der Waals surface area contributed by atoms with Crippen molar-refractivity contribution in [2.45, 2.75) is 38.6 Å². The first-order valence-electron chi connectivity index (χ1n) is 8.08. The van der Waals surface area contributed by atoms with Crippen molar-refractivity contribution in [3.8, 4) is 11.5 Å². The maximum atomic E-state index is 9.79. The van der Waals surface area contributed by atoms with Gasteiger partial charge in [0.1, 0.15) is 0 Å². The first-order valence-corrected chi connectivity index (χ1v) is 8.08. The summed E-state index contributed by atoms with van der Waals surface area (Å²) in [6.07, 6.45) is 4.93. The highest BCUT2D eigenvalue weighted by Crippen LogP contribution is 2.33. The largest absolute Gasteiger partial charge is 0.504 e. The highest BCUT2D eigenvalue weighted by atomic mass is 16.5. The van der Waals surface area contributed by atoms with Crippen LogP contribution in [0.25, 0.3) is 0 Å². The minimum absolute atomic E-state index is 0.217. The molecule has 21 heavy (non-hydrogen) atoms. The minimum atomic E-state index is 0.217. The summed E-state index contributed by atoms with van der Waals surface area (Å²) in [6, 6.07) is 6.21. The summed E-state index contributed by atoms with van der Waals surface area (Å²) in [5.41, 5.74) is 1.25. The van der Waals surface area contributed by atoms with Crippen LogP contribution < -0.4 is 10.1 Å². The number of aromatic hydroxyl groups is 1. The maximum absolute atomic E-state index is 9.79. The monoisotopic (exact) mass is 292 g/mol. The molecule has 1 atom stereocenters. The first-order chi connectivity index (χ1) is 10.3. The third kappa shape index (κ3) is 4.35. The van der Waals surface area contributed by atoms with Crippen LogP contribution in [0.1, 0.15) is 44.2 Å². The molecule has 0 saturated carbocycles. The van der Waals surface area contributed by atoms with Gasteiger partial charge < -0.3 is 15.2 Å². The second-order valence-corrected chi connectivity index (χ2v) is 5.73. The standard InChI is InChI=1S/C17H28N2O2/c1-3-4-5-6-15(19-11-9-18-10-12-19)14-7-8-16(20)17(13-14)21-2/h7-8,13,15,18,20H,3-6,9-12H2,1-2H3/t15-/m0/s1. The number of piperazine rings is 1. The molecule has 2 rings (SSSR count). The Bertz CT molecular complexity index is 431. The zero-order chi connectivity index (χ0) is 15.1. The molecule has 0 aromatic heterocycles. The summed E-state index contributed by atoms with van der Waals surface area (Å²) in [4.78, 5) is 2.55. The fraction of sp³-hybridized carbons (Fsp3) is 0.647. The highest BCUT2D eigenvalue weighted by molar-refractivity contribution is 5.42. The van der Waals surface area contributed by atoms with Crippen molar-refractivity contribution in [1.82, 2.24) is 10.2 Å². The average molecular weight is 292 g/mol. The lowest BCUT2D eigenvalue weighted by molar-refractivity contribution is 0.162. The van der Waals surface area contributed by atoms with Crippen LogP contribution in [0.5, 0.6) is 11.5 Å². The van der Waals surface area contributed by atoms with Crippen LogP contribution in [0.3, 0.4) is 0 Å². The highest BCUT2D eigenvalue weighted by Gasteiger charge is 2.22. The first kappa shape index (κ1) is 16.1. The van der Waals surface area contributed by atoms with E-state index in [9.17, 15) is 5.11 Å². The number of benzene rings is 1. The minimum Gasteiger partial charge on any atom is -0.504 e. The number of phenolic OH excluding ortho intramolecular Hbond substituents is 1. The molecular formula is C17H28N2O2. The predicted octanol–water partition coefficient (Wildman–Crippen LogP) is 2.93. The zero-order valence-corrected chi connectivity index (χ0v) is 13.3. The molecule has 0 radical (unpaired) electrons. The van der Waals surface area contributed by atoms with Gasteiger partial charge in [-0.2, -0.15) is 0 Å². The van der Waals surface area contributed by atoms with Gasteiger partial charge in [0.25, 0.3) is 0 Å². The molecule has 2 N–H and O–H groups in total. The molecule has 0 spiro atoms. The van der Waals surface area contributed by atoms with E-state index in [0.717, 1.165) is 26.2 Å². The SMILES string of the molecule is CCCCC[C@@H](c1ccc(O)c(OC)c1)N1CCNCC1. The van der Waals surface area contributed by atoms with Crippen molar-refractivity contribution in [2.24, 2.45) is 0 Å². The summed E-state index contributed by atoms with van der Waals surface area (Å²) in [7, 11) is 1.61. The predicted molar refractivity (Wildman–Crippen MR) is 86.0 cm³/mol. The maximum Gasteiger partial charge on any atom is 0.160 e. The smallest absolute Gasteiger partial charge is 0.160 e. The third-order valence-electron chi connectivity index (χ3n) is 4.26. The second kappa shape index (κ2) is 8.25. The molecule has 1 aromatic rings. The molecule has 0 amide bonds. The van der Waals surface area contributed by atoms with E-state index in [1.807, 2.05) is 12.1 Å². The number of nitrogens with zero attached hydrogens (tertiary/aromatic N) is 1. The molecule has 1 aromatic carbocycles. The fourth-order valence-electron chi connectivity index (χ4n) is 3.04. The molecule has 1 aliphatic rings. The van der Waals surface area contributed by atoms with Crippen LogP contribution in [-0.2, 0) is 0 Å². The molecule has 0 unspecified atom stereocenters. The summed E-state index contributed by atoms with van der Waals surface area (Å²) in [5.74, 6) is 0.789. The van der Waals surface area contributed by atoms with E-state index < -0.39 is 0 Å². The Labute approximate surface area is 128 Å². The number of hydrogen-bond donors (Lipinski definition) is 2. The van der Waals surface area contributed by atoms with Crippen LogP contribution >= 0.6 is 0 Å². The molecule has 1 saturated heterocycles. The quantitative estimate of drug-likeness (QED) is 0.759. The number of unbranched alkanes of at least 4 members (excludes halogenated alkanes) is 2. The molecule has 0 aliphatic carbocycles. The number of phenols is 1. The van der Waals surface area contributed by atoms with Gasteiger partial charge in [-0.15, -0.1) is 0 Å². The Kier molecular flexibility index (Phi) is 6.33. The van der Waals surface area contributed by atoms with Crippen molar-refractivity contribution in [3.05, 3.63) is 23.8 Å². The molecule has 0 bridgehead atoms. The van der Waals surface area contributed by atoms with Crippen LogP contribution in [0.4, 0.5) is 0 Å². The van der Waals surface area contributed by atoms with Crippen molar-refractivity contribution in [1.29, 1.82) is 0 Å². The molecule has 4 heteroatoms. The molecule has 1 heterocycles. The van der Waals surface area contributed by atoms with E-state index in [4.69, 9.17) is 4.74 Å². The van der Waals surface area contributed by atoms with E-state index in [0.29, 0.717) is 11.8 Å². The summed E-state index contributed by atoms with van der Waals surface area (Å²) in [5, 5.41) is 13.2. The van der Waals surface area contributed by atoms with Crippen LogP contribution in [0.15, 0.2) is 18.2 Å². The Morgan fingerprint density at radius 3 is 2.71 bits per heavy atom. The van der Waals surface area contributed by atoms with Crippen molar-refractivity contribution in [2.75, 3.05) is 33.3 Å². The van der Waals surface area contributed by atoms with Crippen molar-refractivity contribution >= 4 is 0 Å². The Balaban J connectivity index is 2.16. The Hall–Kier alpha value is -1.26. The molecule has 4 nitrogen and oxygen atoms in total. The molecule has 1 fully saturated rings. The van der Waals surface area contributed by atoms with E-state index in [2.05, 4.69) is 17.1 Å². The zero-order valence-electron chi connectivity index (χ0n) is 13.3. The number of methoxy groups -OCH3 is 1. The molecule has 118 valence electrons. The van der Waals surface area contributed by atoms with Gasteiger partial charge in [-0.3, -0.25) is 4.90 Å². The van der Waals surface area contributed by atoms with E-state index in [1.165, 1.54) is 31.2 Å². The lowest BCUT2D eigenvalue weighted by atomic mass is 9.97. The van der Waals surface area contributed by atoms with Crippen molar-refractivity contribution < 1.29 is 9.84 Å². The number of ether oxygens (including phenoxy) is 1. The number of rotatable bonds is 7. The number of nitrogens with one attached hydrogen (secondary N) is 1. The van der Waals surface area contributed by atoms with Gasteiger partial charge in [-0.1, -0.05) is 32.3 Å². The summed E-state index contributed by atoms with van der Waals surface area (Å²) in [6.45, 7) is 6.52. The van der Waals surface area contributed by atoms with Gasteiger partial charge in [0, 0.05) is 32.2 Å². The normalized spacial score (nSPS) is 17.6. The van der Waals surface area contributed by atoms with E-state index in [-0.39, 0.29) is 5.75 Å². The van der Waals surface area contributed by atoms with Gasteiger partial charge in [0.05, 0.1) is 7.11 Å². The Morgan fingerprint density at radius 2 is 2.05 bits per heavy atom. The summed E-state index contributed by atoms with van der Waals surface area (Å²) < 4.78 is 5.27. The van der Waals surface area contributed by atoms with E-state index >= 15 is 0 Å². The second-order valence-electron chi connectivity index (χ2n) is 5.73. The molecular weight excluding hydrogens is 264 g/mol. The van der Waals surface area contributed by atoms with Crippen LogP contribution in [-0.4, -0.2) is 43.3 Å². The summed E-state index contributed by atoms with van der Waals surface area (Å²) >= 11 is 0. The van der Waals surface area contributed by atoms with Gasteiger partial charge in [-0.25, -0.2) is 0 Å². The van der Waals surface area contributed by atoms with Crippen LogP contribution in [0.2, 0.25) is 0 Å². The lowest BCUT2D eigenvalue weighted by Crippen LogP contribution is -2.45. The average Bonchev–Trinajstić information content (AvgIpc) is 2.53. The van der Waals surface area contributed by atoms with Crippen molar-refractivity contribution in [3.63, 3.8) is 0 Å². The van der Waals surface area contributed by atoms with Gasteiger partial charge >= 0.3 is 0 Å². The van der Waals surface area contributed by atoms with Gasteiger partial charge in [-0.05, 0) is 24.1 Å². The number of hydrogen-bond acceptors (Lipinski definition) is 4. The van der Waals surface area contributed by atoms with Gasteiger partial charge in [0.15, 0.2) is 11.5 Å². The lowest BCUT2D eigenvalue weighted by Gasteiger charge is -2.35. The fourth-order valence-corrected chi connectivity index (χ4v) is 3.04.